The van der Waals surface area contributed by atoms with Crippen LogP contribution < -0.4 is 4.90 Å². The maximum absolute atomic E-state index is 13.1. The van der Waals surface area contributed by atoms with E-state index in [9.17, 15) is 13.2 Å². The molecule has 0 radical (unpaired) electrons. The van der Waals surface area contributed by atoms with Crippen LogP contribution in [0.15, 0.2) is 52.0 Å². The third-order valence-corrected chi connectivity index (χ3v) is 9.23. The van der Waals surface area contributed by atoms with Gasteiger partial charge in [0.05, 0.1) is 4.90 Å². The molecule has 0 atom stereocenters. The van der Waals surface area contributed by atoms with E-state index in [0.717, 1.165) is 43.5 Å². The highest BCUT2D eigenvalue weighted by molar-refractivity contribution is 7.89. The van der Waals surface area contributed by atoms with Gasteiger partial charge in [0.15, 0.2) is 0 Å². The Kier molecular flexibility index (Phi) is 6.41. The third kappa shape index (κ3) is 4.97. The number of benzene rings is 1. The molecule has 10 nitrogen and oxygen atoms in total. The number of anilines is 1. The average molecular weight is 523 g/mol. The maximum Gasteiger partial charge on any atom is 0.253 e. The van der Waals surface area contributed by atoms with E-state index < -0.39 is 10.0 Å². The molecule has 0 bridgehead atoms. The summed E-state index contributed by atoms with van der Waals surface area (Å²) in [4.78, 5) is 26.3. The van der Waals surface area contributed by atoms with Gasteiger partial charge in [-0.3, -0.25) is 4.79 Å². The molecule has 1 aromatic carbocycles. The van der Waals surface area contributed by atoms with Crippen LogP contribution in [0.4, 0.5) is 5.82 Å². The molecule has 2 saturated heterocycles. The fraction of sp³-hybridized carbons (Fsp3) is 0.462. The molecule has 2 aromatic heterocycles. The summed E-state index contributed by atoms with van der Waals surface area (Å²) in [6.07, 6.45) is 6.82. The summed E-state index contributed by atoms with van der Waals surface area (Å²) in [6, 6.07) is 10.2. The Morgan fingerprint density at radius 3 is 2.27 bits per heavy atom. The van der Waals surface area contributed by atoms with E-state index in [1.54, 1.807) is 39.7 Å². The third-order valence-electron chi connectivity index (χ3n) is 7.32. The highest BCUT2D eigenvalue weighted by atomic mass is 32.2. The number of piperidine rings is 1. The number of hydrogen-bond donors (Lipinski definition) is 0. The molecule has 11 heteroatoms. The molecule has 0 N–H and O–H groups in total. The molecule has 194 valence electrons. The largest absolute Gasteiger partial charge is 0.353 e. The van der Waals surface area contributed by atoms with E-state index >= 15 is 0 Å². The lowest BCUT2D eigenvalue weighted by atomic mass is 10.2. The van der Waals surface area contributed by atoms with Gasteiger partial charge in [-0.25, -0.2) is 13.4 Å². The number of carbonyl (C=O) groups excluding carboxylic acids is 1. The van der Waals surface area contributed by atoms with Gasteiger partial charge < -0.3 is 14.3 Å². The Morgan fingerprint density at radius 2 is 1.62 bits per heavy atom. The number of aromatic nitrogens is 3. The van der Waals surface area contributed by atoms with E-state index in [-0.39, 0.29) is 10.8 Å². The molecule has 3 aromatic rings. The van der Waals surface area contributed by atoms with Gasteiger partial charge >= 0.3 is 0 Å². The van der Waals surface area contributed by atoms with Gasteiger partial charge in [0.25, 0.3) is 5.91 Å². The van der Waals surface area contributed by atoms with Crippen LogP contribution in [0, 0.1) is 0 Å². The van der Waals surface area contributed by atoms with Crippen molar-refractivity contribution in [3.8, 4) is 11.4 Å². The molecule has 37 heavy (non-hydrogen) atoms. The first kappa shape index (κ1) is 24.1. The van der Waals surface area contributed by atoms with Gasteiger partial charge in [0.1, 0.15) is 5.82 Å². The maximum atomic E-state index is 13.1. The van der Waals surface area contributed by atoms with Crippen LogP contribution in [0.5, 0.6) is 0 Å². The number of amides is 1. The molecule has 3 aliphatic rings. The monoisotopic (exact) mass is 522 g/mol. The van der Waals surface area contributed by atoms with Gasteiger partial charge in [-0.1, -0.05) is 11.6 Å². The normalized spacial score (nSPS) is 19.2. The van der Waals surface area contributed by atoms with Crippen LogP contribution in [0.25, 0.3) is 11.4 Å². The summed E-state index contributed by atoms with van der Waals surface area (Å²) in [5.74, 6) is 2.43. The van der Waals surface area contributed by atoms with Crippen molar-refractivity contribution in [2.45, 2.75) is 42.9 Å². The van der Waals surface area contributed by atoms with E-state index in [0.29, 0.717) is 62.5 Å². The Labute approximate surface area is 216 Å². The number of piperazine rings is 1. The number of nitrogens with zero attached hydrogens (tertiary/aromatic N) is 6. The molecule has 6 rings (SSSR count). The zero-order chi connectivity index (χ0) is 25.4. The molecular weight excluding hydrogens is 492 g/mol. The quantitative estimate of drug-likeness (QED) is 0.485. The van der Waals surface area contributed by atoms with Gasteiger partial charge in [0, 0.05) is 62.5 Å². The molecule has 3 fully saturated rings. The molecule has 0 spiro atoms. The fourth-order valence-electron chi connectivity index (χ4n) is 4.90. The molecule has 1 aliphatic carbocycles. The minimum atomic E-state index is -3.51. The SMILES string of the molecule is O=C(c1ccc(S(=O)(=O)N2CCCCC2)cc1)N1CCN(c2ccc(-c3noc(C4CC4)n3)cn2)CC1. The molecule has 1 saturated carbocycles. The smallest absolute Gasteiger partial charge is 0.253 e. The summed E-state index contributed by atoms with van der Waals surface area (Å²) in [7, 11) is -3.51. The lowest BCUT2D eigenvalue weighted by Gasteiger charge is -2.35. The first-order valence-corrected chi connectivity index (χ1v) is 14.4. The minimum Gasteiger partial charge on any atom is -0.353 e. The lowest BCUT2D eigenvalue weighted by molar-refractivity contribution is 0.0746. The summed E-state index contributed by atoms with van der Waals surface area (Å²) >= 11 is 0. The van der Waals surface area contributed by atoms with Gasteiger partial charge in [-0.15, -0.1) is 0 Å². The van der Waals surface area contributed by atoms with Gasteiger partial charge in [-0.05, 0) is 62.1 Å². The van der Waals surface area contributed by atoms with Crippen LogP contribution in [0.3, 0.4) is 0 Å². The van der Waals surface area contributed by atoms with Crippen molar-refractivity contribution < 1.29 is 17.7 Å². The summed E-state index contributed by atoms with van der Waals surface area (Å²) in [6.45, 7) is 3.56. The first-order valence-electron chi connectivity index (χ1n) is 12.9. The Morgan fingerprint density at radius 1 is 0.892 bits per heavy atom. The molecular formula is C26H30N6O4S. The predicted molar refractivity (Wildman–Crippen MR) is 137 cm³/mol. The first-order chi connectivity index (χ1) is 18.0. The second kappa shape index (κ2) is 9.86. The van der Waals surface area contributed by atoms with Crippen molar-refractivity contribution in [3.05, 3.63) is 54.0 Å². The highest BCUT2D eigenvalue weighted by Gasteiger charge is 2.30. The van der Waals surface area contributed by atoms with Crippen LogP contribution in [-0.4, -0.2) is 77.9 Å². The van der Waals surface area contributed by atoms with Crippen LogP contribution in [0.1, 0.15) is 54.3 Å². The van der Waals surface area contributed by atoms with Crippen molar-refractivity contribution in [1.29, 1.82) is 0 Å². The van der Waals surface area contributed by atoms with Crippen molar-refractivity contribution in [2.75, 3.05) is 44.2 Å². The van der Waals surface area contributed by atoms with E-state index in [2.05, 4.69) is 20.0 Å². The zero-order valence-electron chi connectivity index (χ0n) is 20.6. The number of sulfonamides is 1. The zero-order valence-corrected chi connectivity index (χ0v) is 21.4. The van der Waals surface area contributed by atoms with Crippen LogP contribution >= 0.6 is 0 Å². The van der Waals surface area contributed by atoms with Gasteiger partial charge in [-0.2, -0.15) is 9.29 Å². The molecule has 2 aliphatic heterocycles. The molecule has 0 unspecified atom stereocenters. The van der Waals surface area contributed by atoms with E-state index in [1.165, 1.54) is 0 Å². The second-order valence-electron chi connectivity index (χ2n) is 9.90. The minimum absolute atomic E-state index is 0.0894. The number of hydrogen-bond acceptors (Lipinski definition) is 8. The number of carbonyl (C=O) groups is 1. The average Bonchev–Trinajstić information content (AvgIpc) is 3.69. The van der Waals surface area contributed by atoms with E-state index in [4.69, 9.17) is 4.52 Å². The van der Waals surface area contributed by atoms with Crippen LogP contribution in [-0.2, 0) is 10.0 Å². The van der Waals surface area contributed by atoms with Crippen LogP contribution in [0.2, 0.25) is 0 Å². The Bertz CT molecular complexity index is 1350. The number of pyridine rings is 1. The Balaban J connectivity index is 1.05. The Hall–Kier alpha value is -3.31. The van der Waals surface area contributed by atoms with Crippen molar-refractivity contribution in [1.82, 2.24) is 24.3 Å². The topological polar surface area (TPSA) is 113 Å². The highest BCUT2D eigenvalue weighted by Crippen LogP contribution is 2.39. The fourth-order valence-corrected chi connectivity index (χ4v) is 6.42. The molecule has 1 amide bonds. The standard InChI is InChI=1S/C26H30N6O4S/c33-26(20-6-9-22(10-7-20)37(34,35)32-12-2-1-3-13-32)31-16-14-30(15-17-31)23-11-8-21(18-27-23)24-28-25(36-29-24)19-4-5-19/h6-11,18-19H,1-5,12-17H2. The van der Waals surface area contributed by atoms with Crippen molar-refractivity contribution in [2.24, 2.45) is 0 Å². The molecule has 4 heterocycles. The summed E-state index contributed by atoms with van der Waals surface area (Å²) in [5, 5.41) is 4.07. The van der Waals surface area contributed by atoms with Gasteiger partial charge in [0.2, 0.25) is 21.7 Å². The summed E-state index contributed by atoms with van der Waals surface area (Å²) in [5.41, 5.74) is 1.32. The lowest BCUT2D eigenvalue weighted by Crippen LogP contribution is -2.49. The van der Waals surface area contributed by atoms with Crippen molar-refractivity contribution in [3.63, 3.8) is 0 Å². The van der Waals surface area contributed by atoms with E-state index in [1.807, 2.05) is 12.1 Å². The predicted octanol–water partition coefficient (Wildman–Crippen LogP) is 3.15. The summed E-state index contributed by atoms with van der Waals surface area (Å²) < 4.78 is 32.6. The second-order valence-corrected chi connectivity index (χ2v) is 11.8. The van der Waals surface area contributed by atoms with Crippen molar-refractivity contribution >= 4 is 21.7 Å². The number of rotatable bonds is 6.